The maximum absolute atomic E-state index is 13.2. The Morgan fingerprint density at radius 2 is 2.11 bits per heavy atom. The Kier molecular flexibility index (Phi) is 3.12. The maximum Gasteiger partial charge on any atom is 0.341 e. The Bertz CT molecular complexity index is 678. The Hall–Kier alpha value is -2.21. The molecule has 0 saturated carbocycles. The highest BCUT2D eigenvalue weighted by Crippen LogP contribution is 2.14. The zero-order chi connectivity index (χ0) is 13.3. The lowest BCUT2D eigenvalue weighted by Crippen LogP contribution is -2.19. The van der Waals surface area contributed by atoms with Crippen molar-refractivity contribution in [3.05, 3.63) is 46.0 Å². The van der Waals surface area contributed by atoms with Crippen LogP contribution in [0.4, 0.5) is 4.39 Å². The summed E-state index contributed by atoms with van der Waals surface area (Å²) in [5, 5.41) is 17.9. The number of halogens is 1. The summed E-state index contributed by atoms with van der Waals surface area (Å²) in [6, 6.07) is 3.48. The third-order valence-electron chi connectivity index (χ3n) is 2.61. The summed E-state index contributed by atoms with van der Waals surface area (Å²) in [5.41, 5.74) is -0.798. The molecule has 2 aromatic rings. The molecule has 0 saturated heterocycles. The number of benzene rings is 1. The summed E-state index contributed by atoms with van der Waals surface area (Å²) in [4.78, 5) is 22.8. The monoisotopic (exact) mass is 251 g/mol. The number of hydrogen-bond donors (Lipinski definition) is 2. The van der Waals surface area contributed by atoms with Gasteiger partial charge in [0.1, 0.15) is 11.4 Å². The molecule has 2 N–H and O–H groups in total. The van der Waals surface area contributed by atoms with Gasteiger partial charge < -0.3 is 14.8 Å². The second-order valence-electron chi connectivity index (χ2n) is 3.76. The van der Waals surface area contributed by atoms with Crippen LogP contribution in [0.1, 0.15) is 10.4 Å². The molecular weight excluding hydrogens is 241 g/mol. The van der Waals surface area contributed by atoms with E-state index in [2.05, 4.69) is 0 Å². The number of carboxylic acids is 1. The molecule has 1 aromatic heterocycles. The van der Waals surface area contributed by atoms with Gasteiger partial charge in [-0.15, -0.1) is 0 Å². The zero-order valence-corrected chi connectivity index (χ0v) is 9.26. The van der Waals surface area contributed by atoms with Crippen molar-refractivity contribution in [3.8, 4) is 0 Å². The minimum Gasteiger partial charge on any atom is -0.477 e. The van der Waals surface area contributed by atoms with E-state index in [1.807, 2.05) is 0 Å². The molecular formula is C12H10FNO4. The number of carboxylic acid groups (broad SMARTS) is 1. The van der Waals surface area contributed by atoms with Gasteiger partial charge >= 0.3 is 5.97 Å². The topological polar surface area (TPSA) is 79.5 Å². The lowest BCUT2D eigenvalue weighted by molar-refractivity contribution is 0.0694. The van der Waals surface area contributed by atoms with Crippen molar-refractivity contribution in [3.63, 3.8) is 0 Å². The second-order valence-corrected chi connectivity index (χ2v) is 3.76. The van der Waals surface area contributed by atoms with E-state index < -0.39 is 22.8 Å². The maximum atomic E-state index is 13.2. The van der Waals surface area contributed by atoms with Crippen LogP contribution >= 0.6 is 0 Å². The van der Waals surface area contributed by atoms with Gasteiger partial charge in [0.2, 0.25) is 5.43 Å². The third kappa shape index (κ3) is 1.98. The first-order valence-electron chi connectivity index (χ1n) is 5.21. The van der Waals surface area contributed by atoms with Crippen LogP contribution < -0.4 is 5.43 Å². The van der Waals surface area contributed by atoms with Gasteiger partial charge in [-0.25, -0.2) is 9.18 Å². The fourth-order valence-corrected chi connectivity index (χ4v) is 1.81. The van der Waals surface area contributed by atoms with E-state index in [1.165, 1.54) is 10.6 Å². The van der Waals surface area contributed by atoms with E-state index in [9.17, 15) is 14.0 Å². The minimum atomic E-state index is -1.35. The van der Waals surface area contributed by atoms with E-state index in [1.54, 1.807) is 0 Å². The molecule has 18 heavy (non-hydrogen) atoms. The Balaban J connectivity index is 2.87. The van der Waals surface area contributed by atoms with Gasteiger partial charge in [-0.2, -0.15) is 0 Å². The number of nitrogens with zero attached hydrogens (tertiary/aromatic N) is 1. The van der Waals surface area contributed by atoms with E-state index in [4.69, 9.17) is 10.2 Å². The molecule has 5 nitrogen and oxygen atoms in total. The molecule has 0 bridgehead atoms. The molecule has 0 aliphatic heterocycles. The molecule has 0 fully saturated rings. The van der Waals surface area contributed by atoms with E-state index in [0.717, 1.165) is 18.3 Å². The van der Waals surface area contributed by atoms with Crippen LogP contribution in [0.15, 0.2) is 29.2 Å². The summed E-state index contributed by atoms with van der Waals surface area (Å²) in [7, 11) is 0. The van der Waals surface area contributed by atoms with Gasteiger partial charge in [0.25, 0.3) is 0 Å². The number of aliphatic hydroxyl groups excluding tert-OH is 1. The fraction of sp³-hybridized carbons (Fsp3) is 0.167. The number of hydrogen-bond acceptors (Lipinski definition) is 3. The van der Waals surface area contributed by atoms with Crippen molar-refractivity contribution in [2.45, 2.75) is 6.54 Å². The van der Waals surface area contributed by atoms with Crippen molar-refractivity contribution >= 4 is 16.9 Å². The average molecular weight is 251 g/mol. The van der Waals surface area contributed by atoms with E-state index >= 15 is 0 Å². The summed E-state index contributed by atoms with van der Waals surface area (Å²) in [6.07, 6.45) is 1.11. The fourth-order valence-electron chi connectivity index (χ4n) is 1.81. The lowest BCUT2D eigenvalue weighted by atomic mass is 10.1. The van der Waals surface area contributed by atoms with Gasteiger partial charge in [0.15, 0.2) is 0 Å². The Labute approximate surface area is 101 Å². The number of rotatable bonds is 3. The van der Waals surface area contributed by atoms with Gasteiger partial charge in [0, 0.05) is 18.1 Å². The SMILES string of the molecule is O=C(O)c1cn(CCO)c2cc(F)ccc2c1=O. The van der Waals surface area contributed by atoms with Crippen molar-refractivity contribution in [2.75, 3.05) is 6.61 Å². The summed E-state index contributed by atoms with van der Waals surface area (Å²) in [5.74, 6) is -1.88. The van der Waals surface area contributed by atoms with E-state index in [0.29, 0.717) is 0 Å². The molecule has 0 amide bonds. The number of aromatic carboxylic acids is 1. The van der Waals surface area contributed by atoms with Crippen LogP contribution in [-0.2, 0) is 6.54 Å². The highest BCUT2D eigenvalue weighted by Gasteiger charge is 2.14. The van der Waals surface area contributed by atoms with E-state index in [-0.39, 0.29) is 24.1 Å². The highest BCUT2D eigenvalue weighted by molar-refractivity contribution is 5.92. The van der Waals surface area contributed by atoms with Crippen molar-refractivity contribution in [2.24, 2.45) is 0 Å². The largest absolute Gasteiger partial charge is 0.477 e. The molecule has 1 aromatic carbocycles. The van der Waals surface area contributed by atoms with Crippen LogP contribution in [0.25, 0.3) is 10.9 Å². The molecule has 0 aliphatic carbocycles. The third-order valence-corrected chi connectivity index (χ3v) is 2.61. The molecule has 1 heterocycles. The van der Waals surface area contributed by atoms with Crippen molar-refractivity contribution in [1.29, 1.82) is 0 Å². The summed E-state index contributed by atoms with van der Waals surface area (Å²) < 4.78 is 14.5. The Morgan fingerprint density at radius 1 is 1.39 bits per heavy atom. The zero-order valence-electron chi connectivity index (χ0n) is 9.26. The molecule has 6 heteroatoms. The predicted molar refractivity (Wildman–Crippen MR) is 62.2 cm³/mol. The first-order chi connectivity index (χ1) is 8.54. The quantitative estimate of drug-likeness (QED) is 0.846. The van der Waals surface area contributed by atoms with Crippen LogP contribution in [-0.4, -0.2) is 27.4 Å². The number of carbonyl (C=O) groups is 1. The van der Waals surface area contributed by atoms with Crippen molar-refractivity contribution < 1.29 is 19.4 Å². The summed E-state index contributed by atoms with van der Waals surface area (Å²) in [6.45, 7) is -0.159. The standard InChI is InChI=1S/C12H10FNO4/c13-7-1-2-8-10(5-7)14(3-4-15)6-9(11(8)16)12(17)18/h1-2,5-6,15H,3-4H2,(H,17,18). The number of aromatic nitrogens is 1. The first-order valence-corrected chi connectivity index (χ1v) is 5.21. The average Bonchev–Trinajstić information content (AvgIpc) is 2.32. The predicted octanol–water partition coefficient (Wildman–Crippen LogP) is 0.831. The van der Waals surface area contributed by atoms with Crippen LogP contribution in [0.3, 0.4) is 0 Å². The van der Waals surface area contributed by atoms with Gasteiger partial charge in [-0.05, 0) is 18.2 Å². The minimum absolute atomic E-state index is 0.0838. The van der Waals surface area contributed by atoms with Crippen LogP contribution in [0.2, 0.25) is 0 Å². The van der Waals surface area contributed by atoms with Gasteiger partial charge in [-0.1, -0.05) is 0 Å². The molecule has 0 aliphatic rings. The summed E-state index contributed by atoms with van der Waals surface area (Å²) >= 11 is 0. The van der Waals surface area contributed by atoms with Gasteiger partial charge in [0.05, 0.1) is 12.1 Å². The molecule has 0 spiro atoms. The molecule has 0 radical (unpaired) electrons. The molecule has 0 atom stereocenters. The lowest BCUT2D eigenvalue weighted by Gasteiger charge is -2.10. The second kappa shape index (κ2) is 4.58. The van der Waals surface area contributed by atoms with Crippen molar-refractivity contribution in [1.82, 2.24) is 4.57 Å². The Morgan fingerprint density at radius 3 is 2.72 bits per heavy atom. The van der Waals surface area contributed by atoms with Crippen LogP contribution in [0.5, 0.6) is 0 Å². The number of fused-ring (bicyclic) bond motifs is 1. The van der Waals surface area contributed by atoms with Crippen LogP contribution in [0, 0.1) is 5.82 Å². The molecule has 94 valence electrons. The normalized spacial score (nSPS) is 10.8. The number of aliphatic hydroxyl groups is 1. The number of pyridine rings is 1. The smallest absolute Gasteiger partial charge is 0.341 e. The highest BCUT2D eigenvalue weighted by atomic mass is 19.1. The molecule has 0 unspecified atom stereocenters. The molecule has 2 rings (SSSR count). The van der Waals surface area contributed by atoms with Gasteiger partial charge in [-0.3, -0.25) is 4.79 Å². The first kappa shape index (κ1) is 12.3.